The maximum absolute atomic E-state index is 13.4. The topological polar surface area (TPSA) is 82.0 Å². The molecule has 2 amide bonds. The van der Waals surface area contributed by atoms with Crippen LogP contribution in [0.3, 0.4) is 0 Å². The van der Waals surface area contributed by atoms with Crippen LogP contribution in [-0.2, 0) is 16.0 Å². The molecular weight excluding hydrogens is 375 g/mol. The number of amides is 2. The Hall–Kier alpha value is -2.42. The number of carbonyl (C=O) groups is 2. The van der Waals surface area contributed by atoms with Crippen molar-refractivity contribution in [2.24, 2.45) is 11.0 Å². The molecule has 9 heteroatoms. The van der Waals surface area contributed by atoms with Crippen molar-refractivity contribution in [1.82, 2.24) is 10.3 Å². The van der Waals surface area contributed by atoms with Crippen LogP contribution >= 0.6 is 0 Å². The van der Waals surface area contributed by atoms with Gasteiger partial charge in [0, 0.05) is 18.7 Å². The van der Waals surface area contributed by atoms with Crippen molar-refractivity contribution in [1.29, 1.82) is 0 Å². The Balaban J connectivity index is 2.06. The van der Waals surface area contributed by atoms with Gasteiger partial charge in [-0.05, 0) is 30.7 Å². The van der Waals surface area contributed by atoms with Crippen LogP contribution in [0.5, 0.6) is 0 Å². The maximum atomic E-state index is 13.4. The number of rotatable bonds is 6. The van der Waals surface area contributed by atoms with Gasteiger partial charge in [0.25, 0.3) is 5.72 Å². The monoisotopic (exact) mass is 399 g/mol. The van der Waals surface area contributed by atoms with Crippen LogP contribution in [-0.4, -0.2) is 46.1 Å². The zero-order chi connectivity index (χ0) is 20.9. The van der Waals surface area contributed by atoms with Crippen molar-refractivity contribution < 1.29 is 27.9 Å². The van der Waals surface area contributed by atoms with E-state index >= 15 is 0 Å². The lowest BCUT2D eigenvalue weighted by atomic mass is 9.99. The van der Waals surface area contributed by atoms with E-state index in [-0.39, 0.29) is 29.6 Å². The van der Waals surface area contributed by atoms with Crippen molar-refractivity contribution in [3.8, 4) is 0 Å². The first kappa shape index (κ1) is 21.9. The quantitative estimate of drug-likeness (QED) is 0.722. The Morgan fingerprint density at radius 3 is 2.46 bits per heavy atom. The number of alkyl halides is 3. The number of carbonyl (C=O) groups excluding carboxylic acids is 2. The summed E-state index contributed by atoms with van der Waals surface area (Å²) in [5.74, 6) is -2.56. The largest absolute Gasteiger partial charge is 0.438 e. The van der Waals surface area contributed by atoms with Gasteiger partial charge in [-0.25, -0.2) is 0 Å². The van der Waals surface area contributed by atoms with E-state index in [2.05, 4.69) is 10.4 Å². The van der Waals surface area contributed by atoms with Gasteiger partial charge in [-0.3, -0.25) is 9.59 Å². The fraction of sp³-hybridized carbons (Fsp3) is 0.526. The molecule has 0 aromatic heterocycles. The molecule has 1 aromatic rings. The zero-order valence-electron chi connectivity index (χ0n) is 15.8. The predicted molar refractivity (Wildman–Crippen MR) is 97.1 cm³/mol. The number of halogens is 3. The smallest absolute Gasteiger partial charge is 0.362 e. The van der Waals surface area contributed by atoms with E-state index in [1.54, 1.807) is 0 Å². The van der Waals surface area contributed by atoms with E-state index in [0.29, 0.717) is 12.8 Å². The van der Waals surface area contributed by atoms with Crippen molar-refractivity contribution in [3.05, 3.63) is 35.9 Å². The lowest BCUT2D eigenvalue weighted by molar-refractivity contribution is -0.301. The molecule has 0 fully saturated rings. The highest BCUT2D eigenvalue weighted by Crippen LogP contribution is 2.41. The van der Waals surface area contributed by atoms with Gasteiger partial charge in [0.15, 0.2) is 0 Å². The van der Waals surface area contributed by atoms with Gasteiger partial charge in [0.1, 0.15) is 0 Å². The molecule has 28 heavy (non-hydrogen) atoms. The predicted octanol–water partition coefficient (Wildman–Crippen LogP) is 2.62. The summed E-state index contributed by atoms with van der Waals surface area (Å²) in [6.07, 6.45) is -4.83. The van der Waals surface area contributed by atoms with E-state index in [9.17, 15) is 27.9 Å². The van der Waals surface area contributed by atoms with E-state index in [0.717, 1.165) is 5.56 Å². The Labute approximate surface area is 161 Å². The van der Waals surface area contributed by atoms with Crippen LogP contribution in [0.25, 0.3) is 0 Å². The lowest BCUT2D eigenvalue weighted by Crippen LogP contribution is -2.59. The third-order valence-electron chi connectivity index (χ3n) is 4.44. The van der Waals surface area contributed by atoms with Crippen molar-refractivity contribution >= 4 is 17.5 Å². The molecule has 1 atom stereocenters. The highest BCUT2D eigenvalue weighted by atomic mass is 19.4. The van der Waals surface area contributed by atoms with Crippen molar-refractivity contribution in [3.63, 3.8) is 0 Å². The van der Waals surface area contributed by atoms with E-state index < -0.39 is 30.1 Å². The minimum absolute atomic E-state index is 0.0407. The molecule has 2 rings (SSSR count). The summed E-state index contributed by atoms with van der Waals surface area (Å²) in [6, 6.07) is 9.09. The molecule has 1 aliphatic rings. The number of hydrogen-bond acceptors (Lipinski definition) is 4. The van der Waals surface area contributed by atoms with Crippen LogP contribution in [0.2, 0.25) is 0 Å². The van der Waals surface area contributed by atoms with Crippen LogP contribution in [0, 0.1) is 5.92 Å². The molecule has 0 saturated carbocycles. The van der Waals surface area contributed by atoms with Crippen molar-refractivity contribution in [2.45, 2.75) is 51.4 Å². The Morgan fingerprint density at radius 1 is 1.25 bits per heavy atom. The number of hydrazone groups is 1. The number of nitrogens with zero attached hydrogens (tertiary/aromatic N) is 2. The third kappa shape index (κ3) is 5.09. The fourth-order valence-electron chi connectivity index (χ4n) is 2.78. The molecule has 1 heterocycles. The van der Waals surface area contributed by atoms with Crippen LogP contribution in [0.1, 0.15) is 38.7 Å². The van der Waals surface area contributed by atoms with Gasteiger partial charge in [-0.15, -0.1) is 0 Å². The summed E-state index contributed by atoms with van der Waals surface area (Å²) in [7, 11) is 0. The van der Waals surface area contributed by atoms with Gasteiger partial charge in [0.2, 0.25) is 0 Å². The molecule has 0 aliphatic carbocycles. The average Bonchev–Trinajstić information content (AvgIpc) is 2.98. The lowest BCUT2D eigenvalue weighted by Gasteiger charge is -2.32. The molecule has 154 valence electrons. The third-order valence-corrected chi connectivity index (χ3v) is 4.44. The van der Waals surface area contributed by atoms with Crippen molar-refractivity contribution in [2.75, 3.05) is 6.54 Å². The molecule has 2 N–H and O–H groups in total. The first-order valence-electron chi connectivity index (χ1n) is 9.06. The van der Waals surface area contributed by atoms with Gasteiger partial charge in [-0.1, -0.05) is 44.2 Å². The molecule has 0 radical (unpaired) electrons. The number of benzene rings is 1. The molecule has 6 nitrogen and oxygen atoms in total. The highest BCUT2D eigenvalue weighted by molar-refractivity contribution is 6.35. The molecule has 1 aliphatic heterocycles. The summed E-state index contributed by atoms with van der Waals surface area (Å²) in [5.41, 5.74) is -2.57. The molecule has 0 saturated heterocycles. The Kier molecular flexibility index (Phi) is 6.82. The van der Waals surface area contributed by atoms with Crippen LogP contribution < -0.4 is 5.32 Å². The first-order chi connectivity index (χ1) is 13.0. The second-order valence-electron chi connectivity index (χ2n) is 7.20. The average molecular weight is 399 g/mol. The highest BCUT2D eigenvalue weighted by Gasteiger charge is 2.63. The molecule has 1 aromatic carbocycles. The number of hydrogen-bond donors (Lipinski definition) is 2. The van der Waals surface area contributed by atoms with Gasteiger partial charge >= 0.3 is 18.0 Å². The number of aliphatic hydroxyl groups is 1. The molecule has 0 unspecified atom stereocenters. The van der Waals surface area contributed by atoms with Gasteiger partial charge in [0.05, 0.1) is 0 Å². The van der Waals surface area contributed by atoms with Gasteiger partial charge < -0.3 is 10.4 Å². The second kappa shape index (κ2) is 8.72. The van der Waals surface area contributed by atoms with E-state index in [1.807, 2.05) is 44.2 Å². The summed E-state index contributed by atoms with van der Waals surface area (Å²) in [6.45, 7) is 3.86. The Bertz CT molecular complexity index is 735. The number of nitrogens with one attached hydrogen (secondary N) is 1. The molecule has 0 bridgehead atoms. The standard InChI is InChI=1S/C19H24F3N3O3/c1-13(2)8-9-15-12-18(28,19(20,21)22)25(24-15)17(27)16(26)23-11-10-14-6-4-3-5-7-14/h3-7,13,28H,8-12H2,1-2H3,(H,23,26)/t18-/m0/s1. The molecular formula is C19H24F3N3O3. The maximum Gasteiger partial charge on any atom is 0.438 e. The van der Waals surface area contributed by atoms with E-state index in [4.69, 9.17) is 0 Å². The second-order valence-corrected chi connectivity index (χ2v) is 7.20. The van der Waals surface area contributed by atoms with Crippen LogP contribution in [0.15, 0.2) is 35.4 Å². The SMILES string of the molecule is CC(C)CCC1=NN(C(=O)C(=O)NCCc2ccccc2)[C@@](O)(C(F)(F)F)C1. The Morgan fingerprint density at radius 2 is 1.89 bits per heavy atom. The summed E-state index contributed by atoms with van der Waals surface area (Å²) in [4.78, 5) is 24.3. The zero-order valence-corrected chi connectivity index (χ0v) is 15.8. The first-order valence-corrected chi connectivity index (χ1v) is 9.06. The summed E-state index contributed by atoms with van der Waals surface area (Å²) < 4.78 is 40.2. The summed E-state index contributed by atoms with van der Waals surface area (Å²) in [5, 5.41) is 15.9. The van der Waals surface area contributed by atoms with E-state index in [1.165, 1.54) is 0 Å². The minimum Gasteiger partial charge on any atom is -0.362 e. The van der Waals surface area contributed by atoms with Gasteiger partial charge in [-0.2, -0.15) is 23.3 Å². The molecule has 0 spiro atoms. The fourth-order valence-corrected chi connectivity index (χ4v) is 2.78. The summed E-state index contributed by atoms with van der Waals surface area (Å²) >= 11 is 0. The minimum atomic E-state index is -5.14. The normalized spacial score (nSPS) is 19.7. The van der Waals surface area contributed by atoms with Crippen LogP contribution in [0.4, 0.5) is 13.2 Å².